The van der Waals surface area contributed by atoms with Crippen LogP contribution in [0.3, 0.4) is 0 Å². The van der Waals surface area contributed by atoms with Crippen LogP contribution in [0.5, 0.6) is 11.5 Å². The molecule has 0 radical (unpaired) electrons. The summed E-state index contributed by atoms with van der Waals surface area (Å²) in [5.74, 6) is 0.422. The number of thiol groups is 1. The minimum absolute atomic E-state index is 0.0177. The van der Waals surface area contributed by atoms with Crippen LogP contribution in [0.25, 0.3) is 0 Å². The van der Waals surface area contributed by atoms with Crippen LogP contribution in [0.4, 0.5) is 5.69 Å². The van der Waals surface area contributed by atoms with E-state index in [1.807, 2.05) is 0 Å². The van der Waals surface area contributed by atoms with Gasteiger partial charge in [-0.3, -0.25) is 4.79 Å². The Bertz CT molecular complexity index is 665. The largest absolute Gasteiger partial charge is 0.508 e. The number of phenols is 2. The molecule has 0 saturated heterocycles. The van der Waals surface area contributed by atoms with E-state index in [1.54, 1.807) is 12.1 Å². The summed E-state index contributed by atoms with van der Waals surface area (Å²) >= 11 is 15.2. The number of phenolic OH excluding ortho intramolecular Hbond substituents is 2. The van der Waals surface area contributed by atoms with Crippen LogP contribution in [0.15, 0.2) is 36.4 Å². The summed E-state index contributed by atoms with van der Waals surface area (Å²) < 4.78 is 0. The lowest BCUT2D eigenvalue weighted by Crippen LogP contribution is -2.04. The molecule has 0 aliphatic rings. The van der Waals surface area contributed by atoms with Crippen LogP contribution in [0.2, 0.25) is 10.0 Å². The summed E-state index contributed by atoms with van der Waals surface area (Å²) in [5, 5.41) is 18.9. The highest BCUT2D eigenvalue weighted by Crippen LogP contribution is 2.22. The van der Waals surface area contributed by atoms with Crippen molar-refractivity contribution in [3.05, 3.63) is 52.0 Å². The van der Waals surface area contributed by atoms with Crippen molar-refractivity contribution >= 4 is 47.3 Å². The Morgan fingerprint density at radius 1 is 1.05 bits per heavy atom. The average molecular weight is 360 g/mol. The first-order chi connectivity index (χ1) is 10.3. The fourth-order valence-corrected chi connectivity index (χ4v) is 1.91. The van der Waals surface area contributed by atoms with Crippen LogP contribution in [0.1, 0.15) is 5.56 Å². The second kappa shape index (κ2) is 8.78. The molecule has 4 N–H and O–H groups in total. The van der Waals surface area contributed by atoms with Crippen LogP contribution in [-0.4, -0.2) is 21.7 Å². The van der Waals surface area contributed by atoms with E-state index in [0.29, 0.717) is 21.3 Å². The number of carbonyl (C=O) groups is 1. The maximum absolute atomic E-state index is 11.0. The fourth-order valence-electron chi connectivity index (χ4n) is 1.50. The van der Waals surface area contributed by atoms with Crippen molar-refractivity contribution < 1.29 is 15.0 Å². The molecule has 0 aromatic heterocycles. The summed E-state index contributed by atoms with van der Waals surface area (Å²) in [4.78, 5) is 11.0. The number of Topliss-reactive ketones (excluding diaryl/α,β-unsaturated/α-hetero) is 1. The van der Waals surface area contributed by atoms with E-state index >= 15 is 0 Å². The molecule has 0 spiro atoms. The van der Waals surface area contributed by atoms with Gasteiger partial charge in [0.1, 0.15) is 17.3 Å². The molecule has 0 heterocycles. The van der Waals surface area contributed by atoms with E-state index < -0.39 is 0 Å². The Morgan fingerprint density at radius 3 is 2.09 bits per heavy atom. The van der Waals surface area contributed by atoms with Crippen LogP contribution in [0, 0.1) is 0 Å². The van der Waals surface area contributed by atoms with Gasteiger partial charge in [0.05, 0.1) is 10.7 Å². The van der Waals surface area contributed by atoms with Gasteiger partial charge in [0.25, 0.3) is 0 Å². The van der Waals surface area contributed by atoms with E-state index in [0.717, 1.165) is 0 Å². The van der Waals surface area contributed by atoms with Gasteiger partial charge in [0.15, 0.2) is 0 Å². The highest BCUT2D eigenvalue weighted by atomic mass is 35.5. The molecule has 4 nitrogen and oxygen atoms in total. The Morgan fingerprint density at radius 2 is 1.59 bits per heavy atom. The number of carbonyl (C=O) groups excluding carboxylic acids is 1. The SMILES string of the molecule is Nc1cc(O)ccc1Cl.O=C(CS)Cc1cc(O)ccc1Cl. The molecule has 0 saturated carbocycles. The van der Waals surface area contributed by atoms with E-state index in [4.69, 9.17) is 39.1 Å². The van der Waals surface area contributed by atoms with Crippen molar-refractivity contribution in [3.8, 4) is 11.5 Å². The van der Waals surface area contributed by atoms with Gasteiger partial charge in [0.2, 0.25) is 0 Å². The van der Waals surface area contributed by atoms with Gasteiger partial charge in [-0.2, -0.15) is 12.6 Å². The molecule has 22 heavy (non-hydrogen) atoms. The number of hydrogen-bond donors (Lipinski definition) is 4. The molecule has 0 aliphatic carbocycles. The highest BCUT2D eigenvalue weighted by molar-refractivity contribution is 7.81. The molecule has 0 atom stereocenters. The van der Waals surface area contributed by atoms with Gasteiger partial charge < -0.3 is 15.9 Å². The fraction of sp³-hybridized carbons (Fsp3) is 0.133. The third-order valence-electron chi connectivity index (χ3n) is 2.57. The number of aromatic hydroxyl groups is 2. The topological polar surface area (TPSA) is 83.5 Å². The van der Waals surface area contributed by atoms with Gasteiger partial charge in [-0.25, -0.2) is 0 Å². The Kier molecular flexibility index (Phi) is 7.38. The first kappa shape index (κ1) is 18.5. The van der Waals surface area contributed by atoms with Gasteiger partial charge >= 0.3 is 0 Å². The maximum atomic E-state index is 11.0. The third kappa shape index (κ3) is 6.05. The molecule has 0 unspecified atom stereocenters. The van der Waals surface area contributed by atoms with Gasteiger partial charge in [-0.15, -0.1) is 0 Å². The number of hydrogen-bond acceptors (Lipinski definition) is 5. The Labute approximate surface area is 143 Å². The standard InChI is InChI=1S/C9H9ClO2S.C6H6ClNO/c10-9-2-1-7(11)3-6(9)4-8(12)5-13;7-5-2-1-4(9)3-6(5)8/h1-3,11,13H,4-5H2;1-3,9H,8H2. The summed E-state index contributed by atoms with van der Waals surface area (Å²) in [6, 6.07) is 8.98. The molecule has 118 valence electrons. The highest BCUT2D eigenvalue weighted by Gasteiger charge is 2.06. The number of nitrogens with two attached hydrogens (primary N) is 1. The van der Waals surface area contributed by atoms with Crippen molar-refractivity contribution in [2.45, 2.75) is 6.42 Å². The quantitative estimate of drug-likeness (QED) is 0.497. The molecular formula is C15H15Cl2NO3S. The summed E-state index contributed by atoms with van der Waals surface area (Å²) in [5.41, 5.74) is 6.37. The van der Waals surface area contributed by atoms with E-state index in [2.05, 4.69) is 12.6 Å². The predicted octanol–water partition coefficient (Wildman–Crippen LogP) is 3.71. The summed E-state index contributed by atoms with van der Waals surface area (Å²) in [7, 11) is 0. The number of ketones is 1. The molecule has 0 amide bonds. The zero-order valence-electron chi connectivity index (χ0n) is 11.5. The molecular weight excluding hydrogens is 345 g/mol. The average Bonchev–Trinajstić information content (AvgIpc) is 2.47. The number of halogens is 2. The minimum atomic E-state index is -0.0177. The second-order valence-electron chi connectivity index (χ2n) is 4.36. The van der Waals surface area contributed by atoms with Gasteiger partial charge in [-0.05, 0) is 35.9 Å². The zero-order valence-corrected chi connectivity index (χ0v) is 13.9. The first-order valence-corrected chi connectivity index (χ1v) is 7.56. The monoisotopic (exact) mass is 359 g/mol. The number of nitrogen functional groups attached to an aromatic ring is 1. The van der Waals surface area contributed by atoms with Crippen LogP contribution in [-0.2, 0) is 11.2 Å². The van der Waals surface area contributed by atoms with E-state index in [-0.39, 0.29) is 29.5 Å². The van der Waals surface area contributed by atoms with Crippen LogP contribution >= 0.6 is 35.8 Å². The normalized spacial score (nSPS) is 9.77. The first-order valence-electron chi connectivity index (χ1n) is 6.17. The van der Waals surface area contributed by atoms with Crippen molar-refractivity contribution in [2.75, 3.05) is 11.5 Å². The summed E-state index contributed by atoms with van der Waals surface area (Å²) in [6.07, 6.45) is 0.219. The zero-order chi connectivity index (χ0) is 16.7. The molecule has 0 aliphatic heterocycles. The minimum Gasteiger partial charge on any atom is -0.508 e. The molecule has 2 rings (SSSR count). The van der Waals surface area contributed by atoms with Crippen LogP contribution < -0.4 is 5.73 Å². The van der Waals surface area contributed by atoms with Gasteiger partial charge in [-0.1, -0.05) is 23.2 Å². The molecule has 0 fully saturated rings. The van der Waals surface area contributed by atoms with Crippen molar-refractivity contribution in [3.63, 3.8) is 0 Å². The maximum Gasteiger partial charge on any atom is 0.146 e. The van der Waals surface area contributed by atoms with Crippen molar-refractivity contribution in [2.24, 2.45) is 0 Å². The molecule has 0 bridgehead atoms. The van der Waals surface area contributed by atoms with E-state index in [1.165, 1.54) is 24.3 Å². The second-order valence-corrected chi connectivity index (χ2v) is 5.49. The smallest absolute Gasteiger partial charge is 0.146 e. The number of rotatable bonds is 3. The molecule has 7 heteroatoms. The lowest BCUT2D eigenvalue weighted by atomic mass is 10.1. The van der Waals surface area contributed by atoms with Crippen molar-refractivity contribution in [1.29, 1.82) is 0 Å². The Balaban J connectivity index is 0.000000235. The third-order valence-corrected chi connectivity index (χ3v) is 3.64. The number of benzene rings is 2. The predicted molar refractivity (Wildman–Crippen MR) is 93.2 cm³/mol. The van der Waals surface area contributed by atoms with Crippen molar-refractivity contribution in [1.82, 2.24) is 0 Å². The van der Waals surface area contributed by atoms with Gasteiger partial charge in [0, 0.05) is 23.3 Å². The molecule has 2 aromatic carbocycles. The number of anilines is 1. The lowest BCUT2D eigenvalue weighted by Gasteiger charge is -2.02. The lowest BCUT2D eigenvalue weighted by molar-refractivity contribution is -0.115. The Hall–Kier alpha value is -1.56. The summed E-state index contributed by atoms with van der Waals surface area (Å²) in [6.45, 7) is 0. The van der Waals surface area contributed by atoms with E-state index in [9.17, 15) is 4.79 Å². The molecule has 2 aromatic rings.